The lowest BCUT2D eigenvalue weighted by Gasteiger charge is -2.12. The lowest BCUT2D eigenvalue weighted by molar-refractivity contribution is -0.142. The molecule has 3 heterocycles. The zero-order valence-corrected chi connectivity index (χ0v) is 20.0. The van der Waals surface area contributed by atoms with Crippen LogP contribution in [0.4, 0.5) is 13.2 Å². The van der Waals surface area contributed by atoms with Crippen molar-refractivity contribution >= 4 is 11.6 Å². The molecule has 0 saturated carbocycles. The van der Waals surface area contributed by atoms with Gasteiger partial charge in [0, 0.05) is 24.3 Å². The van der Waals surface area contributed by atoms with Crippen LogP contribution in [0.3, 0.4) is 0 Å². The average Bonchev–Trinajstić information content (AvgIpc) is 3.37. The third-order valence-electron chi connectivity index (χ3n) is 5.82. The first-order valence-electron chi connectivity index (χ1n) is 11.4. The molecule has 0 radical (unpaired) electrons. The zero-order chi connectivity index (χ0) is 25.3. The number of hydrogen-bond acceptors (Lipinski definition) is 4. The quantitative estimate of drug-likeness (QED) is 0.367. The summed E-state index contributed by atoms with van der Waals surface area (Å²) in [5.41, 5.74) is 2.51. The Labute approximate surface area is 201 Å². The van der Waals surface area contributed by atoms with E-state index < -0.39 is 17.8 Å². The van der Waals surface area contributed by atoms with Crippen molar-refractivity contribution in [1.29, 1.82) is 0 Å². The molecule has 10 heteroatoms. The molecule has 35 heavy (non-hydrogen) atoms. The average molecular weight is 485 g/mol. The van der Waals surface area contributed by atoms with Crippen molar-refractivity contribution in [3.8, 4) is 11.3 Å². The van der Waals surface area contributed by atoms with Gasteiger partial charge in [-0.25, -0.2) is 9.50 Å². The molecule has 0 aliphatic heterocycles. The highest BCUT2D eigenvalue weighted by Crippen LogP contribution is 2.33. The van der Waals surface area contributed by atoms with E-state index >= 15 is 0 Å². The number of rotatable bonds is 7. The number of halogens is 3. The molecule has 4 rings (SSSR count). The van der Waals surface area contributed by atoms with E-state index in [0.29, 0.717) is 29.6 Å². The SMILES string of the molecule is Cc1cc(C)n(CCCNC(=O)c2cnn3c(C(F)(F)F)cc(-c4ccc(C(C)C)cc4)nc23)n1. The van der Waals surface area contributed by atoms with Crippen molar-refractivity contribution in [2.75, 3.05) is 6.54 Å². The summed E-state index contributed by atoms with van der Waals surface area (Å²) in [6.45, 7) is 8.88. The Morgan fingerprint density at radius 2 is 1.83 bits per heavy atom. The van der Waals surface area contributed by atoms with Crippen LogP contribution < -0.4 is 5.32 Å². The summed E-state index contributed by atoms with van der Waals surface area (Å²) in [7, 11) is 0. The molecule has 3 aromatic heterocycles. The van der Waals surface area contributed by atoms with Crippen molar-refractivity contribution < 1.29 is 18.0 Å². The van der Waals surface area contributed by atoms with Gasteiger partial charge < -0.3 is 5.32 Å². The first-order chi connectivity index (χ1) is 16.5. The number of hydrogen-bond donors (Lipinski definition) is 1. The highest BCUT2D eigenvalue weighted by atomic mass is 19.4. The summed E-state index contributed by atoms with van der Waals surface area (Å²) >= 11 is 0. The number of carbonyl (C=O) groups excluding carboxylic acids is 1. The zero-order valence-electron chi connectivity index (χ0n) is 20.0. The van der Waals surface area contributed by atoms with Gasteiger partial charge in [0.15, 0.2) is 11.3 Å². The molecule has 0 aliphatic carbocycles. The second-order valence-electron chi connectivity index (χ2n) is 8.85. The minimum atomic E-state index is -4.67. The van der Waals surface area contributed by atoms with E-state index in [1.54, 1.807) is 12.1 Å². The molecule has 1 aromatic carbocycles. The molecule has 0 aliphatic rings. The van der Waals surface area contributed by atoms with Crippen molar-refractivity contribution in [1.82, 2.24) is 29.7 Å². The molecular formula is C25H27F3N6O. The fourth-order valence-corrected chi connectivity index (χ4v) is 3.94. The van der Waals surface area contributed by atoms with Crippen LogP contribution in [0.5, 0.6) is 0 Å². The minimum absolute atomic E-state index is 0.0118. The summed E-state index contributed by atoms with van der Waals surface area (Å²) < 4.78 is 44.1. The summed E-state index contributed by atoms with van der Waals surface area (Å²) in [6.07, 6.45) is -2.94. The summed E-state index contributed by atoms with van der Waals surface area (Å²) in [4.78, 5) is 17.2. The van der Waals surface area contributed by atoms with Gasteiger partial charge in [0.2, 0.25) is 0 Å². The molecule has 0 spiro atoms. The van der Waals surface area contributed by atoms with Crippen molar-refractivity contribution in [3.63, 3.8) is 0 Å². The highest BCUT2D eigenvalue weighted by Gasteiger charge is 2.36. The molecule has 0 unspecified atom stereocenters. The van der Waals surface area contributed by atoms with E-state index in [2.05, 4.69) is 20.5 Å². The van der Waals surface area contributed by atoms with Gasteiger partial charge in [0.05, 0.1) is 17.6 Å². The van der Waals surface area contributed by atoms with Crippen molar-refractivity contribution in [3.05, 3.63) is 70.8 Å². The Bertz CT molecular complexity index is 1350. The molecule has 7 nitrogen and oxygen atoms in total. The van der Waals surface area contributed by atoms with E-state index in [1.165, 1.54) is 0 Å². The first-order valence-corrected chi connectivity index (χ1v) is 11.4. The van der Waals surface area contributed by atoms with Gasteiger partial charge in [-0.1, -0.05) is 38.1 Å². The van der Waals surface area contributed by atoms with E-state index in [1.807, 2.05) is 50.6 Å². The second-order valence-corrected chi connectivity index (χ2v) is 8.85. The lowest BCUT2D eigenvalue weighted by atomic mass is 10.0. The summed E-state index contributed by atoms with van der Waals surface area (Å²) in [5.74, 6) is -0.238. The Morgan fingerprint density at radius 3 is 2.43 bits per heavy atom. The fourth-order valence-electron chi connectivity index (χ4n) is 3.94. The predicted molar refractivity (Wildman–Crippen MR) is 126 cm³/mol. The summed E-state index contributed by atoms with van der Waals surface area (Å²) in [5, 5.41) is 11.0. The van der Waals surface area contributed by atoms with Crippen LogP contribution in [0.25, 0.3) is 16.9 Å². The second kappa shape index (κ2) is 9.52. The lowest BCUT2D eigenvalue weighted by Crippen LogP contribution is -2.25. The van der Waals surface area contributed by atoms with Crippen LogP contribution in [0, 0.1) is 13.8 Å². The largest absolute Gasteiger partial charge is 0.433 e. The number of nitrogens with one attached hydrogen (secondary N) is 1. The van der Waals surface area contributed by atoms with Crippen LogP contribution in [-0.2, 0) is 12.7 Å². The van der Waals surface area contributed by atoms with Crippen LogP contribution >= 0.6 is 0 Å². The number of nitrogens with zero attached hydrogens (tertiary/aromatic N) is 5. The van der Waals surface area contributed by atoms with Gasteiger partial charge in [-0.05, 0) is 43.9 Å². The van der Waals surface area contributed by atoms with Gasteiger partial charge in [0.1, 0.15) is 5.56 Å². The van der Waals surface area contributed by atoms with Gasteiger partial charge in [-0.2, -0.15) is 23.4 Å². The molecule has 4 aromatic rings. The maximum absolute atomic E-state index is 13.8. The van der Waals surface area contributed by atoms with E-state index in [9.17, 15) is 18.0 Å². The number of amides is 1. The number of aryl methyl sites for hydroxylation is 3. The standard InChI is InChI=1S/C25H27F3N6O/c1-15(2)18-6-8-19(9-7-18)21-13-22(25(26,27)28)34-23(31-21)20(14-30-34)24(35)29-10-5-11-33-17(4)12-16(3)32-33/h6-9,12-15H,5,10-11H2,1-4H3,(H,29,35). The number of fused-ring (bicyclic) bond motifs is 1. The van der Waals surface area contributed by atoms with Gasteiger partial charge in [-0.15, -0.1) is 0 Å². The first kappa shape index (κ1) is 24.4. The van der Waals surface area contributed by atoms with Crippen LogP contribution in [0.2, 0.25) is 0 Å². The number of alkyl halides is 3. The van der Waals surface area contributed by atoms with Gasteiger partial charge in [-0.3, -0.25) is 9.48 Å². The van der Waals surface area contributed by atoms with E-state index in [0.717, 1.165) is 29.2 Å². The smallest absolute Gasteiger partial charge is 0.352 e. The summed E-state index contributed by atoms with van der Waals surface area (Å²) in [6, 6.07) is 10.1. The molecule has 184 valence electrons. The molecule has 1 N–H and O–H groups in total. The van der Waals surface area contributed by atoms with Crippen LogP contribution in [0.1, 0.15) is 59.2 Å². The Morgan fingerprint density at radius 1 is 1.11 bits per heavy atom. The maximum Gasteiger partial charge on any atom is 0.433 e. The maximum atomic E-state index is 13.8. The molecule has 0 saturated heterocycles. The van der Waals surface area contributed by atoms with Gasteiger partial charge in [0.25, 0.3) is 5.91 Å². The highest BCUT2D eigenvalue weighted by molar-refractivity contribution is 5.99. The third-order valence-corrected chi connectivity index (χ3v) is 5.82. The van der Waals surface area contributed by atoms with Gasteiger partial charge >= 0.3 is 6.18 Å². The monoisotopic (exact) mass is 484 g/mol. The Kier molecular flexibility index (Phi) is 6.64. The number of aromatic nitrogens is 5. The normalized spacial score (nSPS) is 12.0. The molecule has 0 bridgehead atoms. The van der Waals surface area contributed by atoms with E-state index in [4.69, 9.17) is 0 Å². The number of carbonyl (C=O) groups is 1. The van der Waals surface area contributed by atoms with Crippen LogP contribution in [-0.4, -0.2) is 36.8 Å². The Hall–Kier alpha value is -3.69. The predicted octanol–water partition coefficient (Wildman–Crippen LogP) is 5.17. The van der Waals surface area contributed by atoms with Crippen molar-refractivity contribution in [2.45, 2.75) is 52.8 Å². The topological polar surface area (TPSA) is 77.1 Å². The van der Waals surface area contributed by atoms with E-state index in [-0.39, 0.29) is 22.8 Å². The van der Waals surface area contributed by atoms with Crippen LogP contribution in [0.15, 0.2) is 42.6 Å². The third kappa shape index (κ3) is 5.21. The minimum Gasteiger partial charge on any atom is -0.352 e. The fraction of sp³-hybridized carbons (Fsp3) is 0.360. The number of benzene rings is 1. The molecule has 0 atom stereocenters. The molecule has 1 amide bonds. The molecular weight excluding hydrogens is 457 g/mol. The Balaban J connectivity index is 1.60. The van der Waals surface area contributed by atoms with Crippen molar-refractivity contribution in [2.24, 2.45) is 0 Å². The molecule has 0 fully saturated rings.